The van der Waals surface area contributed by atoms with Crippen LogP contribution in [0, 0.1) is 0 Å². The van der Waals surface area contributed by atoms with Crippen LogP contribution >= 0.6 is 0 Å². The molecular formula is C15H20N4O2. The number of ether oxygens (including phenoxy) is 1. The van der Waals surface area contributed by atoms with Crippen molar-refractivity contribution in [3.8, 4) is 0 Å². The van der Waals surface area contributed by atoms with Gasteiger partial charge in [-0.1, -0.05) is 6.07 Å². The van der Waals surface area contributed by atoms with Gasteiger partial charge in [-0.05, 0) is 18.6 Å². The van der Waals surface area contributed by atoms with Gasteiger partial charge in [0.25, 0.3) is 0 Å². The summed E-state index contributed by atoms with van der Waals surface area (Å²) in [6, 6.07) is 6.18. The van der Waals surface area contributed by atoms with Gasteiger partial charge in [-0.15, -0.1) is 0 Å². The molecule has 1 aromatic carbocycles. The highest BCUT2D eigenvalue weighted by molar-refractivity contribution is 5.97. The van der Waals surface area contributed by atoms with Gasteiger partial charge in [0.15, 0.2) is 0 Å². The van der Waals surface area contributed by atoms with Crippen molar-refractivity contribution < 1.29 is 9.53 Å². The lowest BCUT2D eigenvalue weighted by Crippen LogP contribution is -2.37. The van der Waals surface area contributed by atoms with Gasteiger partial charge in [0.2, 0.25) is 5.91 Å². The maximum Gasteiger partial charge on any atom is 0.248 e. The van der Waals surface area contributed by atoms with E-state index in [9.17, 15) is 4.79 Å². The van der Waals surface area contributed by atoms with Crippen LogP contribution in [0.3, 0.4) is 0 Å². The summed E-state index contributed by atoms with van der Waals surface area (Å²) in [7, 11) is 0. The smallest absolute Gasteiger partial charge is 0.248 e. The van der Waals surface area contributed by atoms with Crippen LogP contribution in [0.5, 0.6) is 0 Å². The molecule has 0 bridgehead atoms. The first-order valence-electron chi connectivity index (χ1n) is 7.25. The van der Waals surface area contributed by atoms with Gasteiger partial charge in [0.1, 0.15) is 6.54 Å². The Labute approximate surface area is 124 Å². The second kappa shape index (κ2) is 6.13. The van der Waals surface area contributed by atoms with Crippen molar-refractivity contribution in [3.05, 3.63) is 23.8 Å². The molecule has 0 atom stereocenters. The predicted molar refractivity (Wildman–Crippen MR) is 83.1 cm³/mol. The molecule has 2 aliphatic rings. The molecule has 0 saturated carbocycles. The summed E-state index contributed by atoms with van der Waals surface area (Å²) >= 11 is 0. The SMILES string of the molecule is C=NNCC(=O)N1CCc2c(N3CCOCC3)cccc21. The molecule has 112 valence electrons. The van der Waals surface area contributed by atoms with Crippen LogP contribution in [0.25, 0.3) is 0 Å². The summed E-state index contributed by atoms with van der Waals surface area (Å²) in [5.74, 6) is 0.0280. The van der Waals surface area contributed by atoms with Crippen molar-refractivity contribution in [2.24, 2.45) is 5.10 Å². The maximum absolute atomic E-state index is 12.2. The molecule has 1 amide bonds. The molecule has 1 fully saturated rings. The molecule has 1 saturated heterocycles. The number of anilines is 2. The highest BCUT2D eigenvalue weighted by Crippen LogP contribution is 2.35. The second-order valence-corrected chi connectivity index (χ2v) is 5.16. The first-order chi connectivity index (χ1) is 10.3. The minimum absolute atomic E-state index is 0.0280. The van der Waals surface area contributed by atoms with Crippen molar-refractivity contribution in [1.82, 2.24) is 5.43 Å². The molecule has 0 unspecified atom stereocenters. The molecule has 0 aliphatic carbocycles. The molecule has 21 heavy (non-hydrogen) atoms. The molecule has 2 aliphatic heterocycles. The molecule has 6 nitrogen and oxygen atoms in total. The van der Waals surface area contributed by atoms with E-state index in [4.69, 9.17) is 4.74 Å². The average molecular weight is 288 g/mol. The summed E-state index contributed by atoms with van der Waals surface area (Å²) in [5.41, 5.74) is 6.15. The van der Waals surface area contributed by atoms with Crippen LogP contribution in [0.2, 0.25) is 0 Å². The third-order valence-electron chi connectivity index (χ3n) is 4.00. The number of rotatable bonds is 4. The monoisotopic (exact) mass is 288 g/mol. The molecule has 1 N–H and O–H groups in total. The Balaban J connectivity index is 1.83. The lowest BCUT2D eigenvalue weighted by atomic mass is 10.1. The summed E-state index contributed by atoms with van der Waals surface area (Å²) < 4.78 is 5.41. The van der Waals surface area contributed by atoms with Crippen LogP contribution in [-0.4, -0.2) is 52.0 Å². The van der Waals surface area contributed by atoms with Crippen molar-refractivity contribution in [2.75, 3.05) is 49.2 Å². The Morgan fingerprint density at radius 3 is 2.81 bits per heavy atom. The fourth-order valence-electron chi connectivity index (χ4n) is 2.99. The van der Waals surface area contributed by atoms with E-state index in [0.29, 0.717) is 0 Å². The number of nitrogens with one attached hydrogen (secondary N) is 1. The Kier molecular flexibility index (Phi) is 4.06. The Bertz CT molecular complexity index is 540. The molecule has 6 heteroatoms. The lowest BCUT2D eigenvalue weighted by molar-refractivity contribution is -0.117. The van der Waals surface area contributed by atoms with E-state index in [1.807, 2.05) is 17.0 Å². The largest absolute Gasteiger partial charge is 0.378 e. The van der Waals surface area contributed by atoms with Gasteiger partial charge in [-0.2, -0.15) is 5.10 Å². The van der Waals surface area contributed by atoms with Gasteiger partial charge < -0.3 is 20.0 Å². The van der Waals surface area contributed by atoms with E-state index >= 15 is 0 Å². The van der Waals surface area contributed by atoms with Crippen molar-refractivity contribution in [3.63, 3.8) is 0 Å². The third-order valence-corrected chi connectivity index (χ3v) is 4.00. The normalized spacial score (nSPS) is 17.5. The van der Waals surface area contributed by atoms with Gasteiger partial charge in [-0.3, -0.25) is 4.79 Å². The minimum Gasteiger partial charge on any atom is -0.378 e. The fraction of sp³-hybridized carbons (Fsp3) is 0.467. The molecule has 0 aromatic heterocycles. The van der Waals surface area contributed by atoms with Gasteiger partial charge in [0.05, 0.1) is 13.2 Å². The van der Waals surface area contributed by atoms with E-state index < -0.39 is 0 Å². The topological polar surface area (TPSA) is 57.2 Å². The number of hydrogen-bond acceptors (Lipinski definition) is 5. The van der Waals surface area contributed by atoms with Crippen LogP contribution < -0.4 is 15.2 Å². The van der Waals surface area contributed by atoms with Crippen LogP contribution in [0.1, 0.15) is 5.56 Å². The maximum atomic E-state index is 12.2. The molecular weight excluding hydrogens is 268 g/mol. The fourth-order valence-corrected chi connectivity index (χ4v) is 2.99. The standard InChI is InChI=1S/C15H20N4O2/c1-16-17-11-15(20)19-6-5-12-13(3-2-4-14(12)19)18-7-9-21-10-8-18/h2-4,17H,1,5-11H2. The average Bonchev–Trinajstić information content (AvgIpc) is 2.97. The first kappa shape index (κ1) is 13.9. The zero-order valence-corrected chi connectivity index (χ0v) is 12.0. The predicted octanol–water partition coefficient (Wildman–Crippen LogP) is 0.618. The molecule has 1 aromatic rings. The van der Waals surface area contributed by atoms with E-state index in [1.54, 1.807) is 0 Å². The number of nitrogens with zero attached hydrogens (tertiary/aromatic N) is 3. The van der Waals surface area contributed by atoms with Gasteiger partial charge in [0, 0.05) is 43.3 Å². The van der Waals surface area contributed by atoms with Gasteiger partial charge in [-0.25, -0.2) is 0 Å². The van der Waals surface area contributed by atoms with Crippen molar-refractivity contribution in [1.29, 1.82) is 0 Å². The number of amides is 1. The highest BCUT2D eigenvalue weighted by Gasteiger charge is 2.28. The number of hydrogen-bond donors (Lipinski definition) is 1. The molecule has 0 spiro atoms. The van der Waals surface area contributed by atoms with Crippen molar-refractivity contribution >= 4 is 24.0 Å². The number of hydrazone groups is 1. The zero-order valence-electron chi connectivity index (χ0n) is 12.0. The number of carbonyl (C=O) groups is 1. The van der Waals surface area contributed by atoms with Gasteiger partial charge >= 0.3 is 0 Å². The Morgan fingerprint density at radius 2 is 2.05 bits per heavy atom. The number of benzene rings is 1. The quantitative estimate of drug-likeness (QED) is 0.652. The molecule has 3 rings (SSSR count). The summed E-state index contributed by atoms with van der Waals surface area (Å²) in [6.45, 7) is 7.59. The highest BCUT2D eigenvalue weighted by atomic mass is 16.5. The molecule has 2 heterocycles. The summed E-state index contributed by atoms with van der Waals surface area (Å²) in [4.78, 5) is 16.4. The van der Waals surface area contributed by atoms with E-state index in [1.165, 1.54) is 11.3 Å². The third kappa shape index (κ3) is 2.71. The van der Waals surface area contributed by atoms with E-state index in [0.717, 1.165) is 45.0 Å². The van der Waals surface area contributed by atoms with E-state index in [-0.39, 0.29) is 12.5 Å². The first-order valence-corrected chi connectivity index (χ1v) is 7.25. The Morgan fingerprint density at radius 1 is 1.29 bits per heavy atom. The van der Waals surface area contributed by atoms with Crippen LogP contribution in [0.15, 0.2) is 23.3 Å². The number of morpholine rings is 1. The second-order valence-electron chi connectivity index (χ2n) is 5.16. The number of fused-ring (bicyclic) bond motifs is 1. The minimum atomic E-state index is 0.0280. The zero-order chi connectivity index (χ0) is 14.7. The number of carbonyl (C=O) groups excluding carboxylic acids is 1. The van der Waals surface area contributed by atoms with Crippen LogP contribution in [-0.2, 0) is 16.0 Å². The van der Waals surface area contributed by atoms with Crippen molar-refractivity contribution in [2.45, 2.75) is 6.42 Å². The summed E-state index contributed by atoms with van der Waals surface area (Å²) in [5, 5.41) is 3.52. The molecule has 0 radical (unpaired) electrons. The van der Waals surface area contributed by atoms with Crippen LogP contribution in [0.4, 0.5) is 11.4 Å². The van der Waals surface area contributed by atoms with E-state index in [2.05, 4.69) is 28.2 Å². The summed E-state index contributed by atoms with van der Waals surface area (Å²) in [6.07, 6.45) is 0.899. The lowest BCUT2D eigenvalue weighted by Gasteiger charge is -2.30. The Hall–Kier alpha value is -2.08.